The zero-order valence-corrected chi connectivity index (χ0v) is 14.0. The molecule has 5 nitrogen and oxygen atoms in total. The van der Waals surface area contributed by atoms with E-state index >= 15 is 0 Å². The van der Waals surface area contributed by atoms with Gasteiger partial charge in [0.05, 0.1) is 18.6 Å². The van der Waals surface area contributed by atoms with Crippen molar-refractivity contribution in [2.75, 3.05) is 5.75 Å². The van der Waals surface area contributed by atoms with Gasteiger partial charge in [0.2, 0.25) is 0 Å². The largest absolute Gasteiger partial charge is 0.467 e. The molecule has 3 aromatic rings. The van der Waals surface area contributed by atoms with Gasteiger partial charge >= 0.3 is 0 Å². The van der Waals surface area contributed by atoms with E-state index in [2.05, 4.69) is 10.2 Å². The summed E-state index contributed by atoms with van der Waals surface area (Å²) in [4.78, 5) is 11.2. The first-order valence-corrected chi connectivity index (χ1v) is 8.33. The molecule has 3 rings (SSSR count). The van der Waals surface area contributed by atoms with E-state index < -0.39 is 0 Å². The lowest BCUT2D eigenvalue weighted by molar-refractivity contribution is -0.114. The number of furan rings is 1. The van der Waals surface area contributed by atoms with Crippen LogP contribution in [-0.4, -0.2) is 26.3 Å². The molecule has 7 heteroatoms. The molecule has 0 atom stereocenters. The number of halogens is 1. The summed E-state index contributed by atoms with van der Waals surface area (Å²) in [7, 11) is 0. The van der Waals surface area contributed by atoms with Crippen LogP contribution in [0.3, 0.4) is 0 Å². The summed E-state index contributed by atoms with van der Waals surface area (Å²) in [6, 6.07) is 11.1. The smallest absolute Gasteiger partial charge is 0.192 e. The Morgan fingerprint density at radius 3 is 2.70 bits per heavy atom. The van der Waals surface area contributed by atoms with Gasteiger partial charge < -0.3 is 4.42 Å². The Labute approximate surface area is 142 Å². The molecule has 0 fully saturated rings. The van der Waals surface area contributed by atoms with Crippen molar-refractivity contribution in [3.8, 4) is 11.4 Å². The van der Waals surface area contributed by atoms with Crippen LogP contribution in [0.1, 0.15) is 12.7 Å². The zero-order valence-electron chi connectivity index (χ0n) is 12.4. The number of carbonyl (C=O) groups is 1. The number of carbonyl (C=O) groups excluding carboxylic acids is 1. The quantitative estimate of drug-likeness (QED) is 0.632. The Bertz CT molecular complexity index is 797. The second-order valence-electron chi connectivity index (χ2n) is 4.97. The Morgan fingerprint density at radius 2 is 2.04 bits per heavy atom. The summed E-state index contributed by atoms with van der Waals surface area (Å²) in [6.07, 6.45) is 1.63. The Morgan fingerprint density at radius 1 is 1.26 bits per heavy atom. The number of ketones is 1. The number of thioether (sulfide) groups is 1. The molecule has 0 saturated carbocycles. The van der Waals surface area contributed by atoms with Gasteiger partial charge in [-0.05, 0) is 43.3 Å². The average Bonchev–Trinajstić information content (AvgIpc) is 3.17. The molecule has 23 heavy (non-hydrogen) atoms. The third kappa shape index (κ3) is 3.83. The molecule has 0 unspecified atom stereocenters. The van der Waals surface area contributed by atoms with Crippen LogP contribution in [0.2, 0.25) is 5.02 Å². The molecule has 0 spiro atoms. The van der Waals surface area contributed by atoms with Crippen molar-refractivity contribution in [3.05, 3.63) is 53.4 Å². The fourth-order valence-electron chi connectivity index (χ4n) is 2.08. The van der Waals surface area contributed by atoms with Crippen LogP contribution in [0.5, 0.6) is 0 Å². The van der Waals surface area contributed by atoms with E-state index in [1.165, 1.54) is 11.8 Å². The first-order chi connectivity index (χ1) is 11.1. The Hall–Kier alpha value is -2.05. The molecule has 0 radical (unpaired) electrons. The van der Waals surface area contributed by atoms with Crippen LogP contribution >= 0.6 is 23.4 Å². The number of hydrogen-bond donors (Lipinski definition) is 0. The number of aromatic nitrogens is 3. The maximum Gasteiger partial charge on any atom is 0.192 e. The summed E-state index contributed by atoms with van der Waals surface area (Å²) in [5, 5.41) is 9.83. The molecule has 118 valence electrons. The van der Waals surface area contributed by atoms with E-state index in [0.717, 1.165) is 11.3 Å². The summed E-state index contributed by atoms with van der Waals surface area (Å²) < 4.78 is 7.36. The molecular formula is C16H14ClN3O2S. The van der Waals surface area contributed by atoms with Gasteiger partial charge in [-0.2, -0.15) is 0 Å². The Kier molecular flexibility index (Phi) is 4.83. The van der Waals surface area contributed by atoms with E-state index in [-0.39, 0.29) is 5.78 Å². The second kappa shape index (κ2) is 7.02. The standard InChI is InChI=1S/C16H14ClN3O2S/c1-11(21)10-23-16-19-18-15(12-4-6-13(17)7-5-12)20(16)9-14-3-2-8-22-14/h2-8H,9-10H2,1H3. The molecular weight excluding hydrogens is 334 g/mol. The minimum atomic E-state index is 0.0931. The lowest BCUT2D eigenvalue weighted by Gasteiger charge is -2.08. The maximum atomic E-state index is 11.2. The molecule has 0 aliphatic heterocycles. The lowest BCUT2D eigenvalue weighted by Crippen LogP contribution is -2.04. The highest BCUT2D eigenvalue weighted by Crippen LogP contribution is 2.26. The van der Waals surface area contributed by atoms with Gasteiger partial charge in [0.25, 0.3) is 0 Å². The highest BCUT2D eigenvalue weighted by molar-refractivity contribution is 7.99. The van der Waals surface area contributed by atoms with Crippen LogP contribution in [0.15, 0.2) is 52.2 Å². The van der Waals surface area contributed by atoms with Crippen LogP contribution in [-0.2, 0) is 11.3 Å². The molecule has 0 aliphatic carbocycles. The third-order valence-electron chi connectivity index (χ3n) is 3.12. The summed E-state index contributed by atoms with van der Waals surface area (Å²) >= 11 is 7.31. The van der Waals surface area contributed by atoms with Crippen LogP contribution in [0.4, 0.5) is 0 Å². The molecule has 0 bridgehead atoms. The van der Waals surface area contributed by atoms with E-state index in [9.17, 15) is 4.79 Å². The predicted octanol–water partition coefficient (Wildman–Crippen LogP) is 3.92. The normalized spacial score (nSPS) is 10.9. The molecule has 1 aromatic carbocycles. The molecule has 0 saturated heterocycles. The molecule has 0 amide bonds. The number of benzene rings is 1. The van der Waals surface area contributed by atoms with Crippen molar-refractivity contribution < 1.29 is 9.21 Å². The van der Waals surface area contributed by atoms with Crippen molar-refractivity contribution in [1.29, 1.82) is 0 Å². The van der Waals surface area contributed by atoms with Crippen LogP contribution in [0, 0.1) is 0 Å². The van der Waals surface area contributed by atoms with E-state index in [1.807, 2.05) is 41.0 Å². The highest BCUT2D eigenvalue weighted by Gasteiger charge is 2.16. The monoisotopic (exact) mass is 347 g/mol. The fourth-order valence-corrected chi connectivity index (χ4v) is 2.94. The first-order valence-electron chi connectivity index (χ1n) is 6.97. The van der Waals surface area contributed by atoms with Gasteiger partial charge in [-0.25, -0.2) is 0 Å². The topological polar surface area (TPSA) is 60.9 Å². The summed E-state index contributed by atoms with van der Waals surface area (Å²) in [6.45, 7) is 2.05. The van der Waals surface area contributed by atoms with Crippen LogP contribution < -0.4 is 0 Å². The zero-order chi connectivity index (χ0) is 16.2. The second-order valence-corrected chi connectivity index (χ2v) is 6.35. The molecule has 2 aromatic heterocycles. The predicted molar refractivity (Wildman–Crippen MR) is 89.7 cm³/mol. The maximum absolute atomic E-state index is 11.2. The van der Waals surface area contributed by atoms with Crippen LogP contribution in [0.25, 0.3) is 11.4 Å². The minimum Gasteiger partial charge on any atom is -0.467 e. The van der Waals surface area contributed by atoms with Gasteiger partial charge in [-0.3, -0.25) is 9.36 Å². The van der Waals surface area contributed by atoms with Crippen molar-refractivity contribution in [1.82, 2.24) is 14.8 Å². The first kappa shape index (κ1) is 15.8. The van der Waals surface area contributed by atoms with Crippen molar-refractivity contribution >= 4 is 29.1 Å². The third-order valence-corrected chi connectivity index (χ3v) is 4.48. The number of rotatable bonds is 6. The minimum absolute atomic E-state index is 0.0931. The SMILES string of the molecule is CC(=O)CSc1nnc(-c2ccc(Cl)cc2)n1Cc1ccco1. The van der Waals surface area contributed by atoms with Gasteiger partial charge in [-0.15, -0.1) is 10.2 Å². The van der Waals surface area contributed by atoms with Crippen molar-refractivity contribution in [2.45, 2.75) is 18.6 Å². The van der Waals surface area contributed by atoms with E-state index in [4.69, 9.17) is 16.0 Å². The van der Waals surface area contributed by atoms with E-state index in [1.54, 1.807) is 13.2 Å². The highest BCUT2D eigenvalue weighted by atomic mass is 35.5. The average molecular weight is 348 g/mol. The fraction of sp³-hybridized carbons (Fsp3) is 0.188. The molecule has 0 aliphatic rings. The molecule has 2 heterocycles. The van der Waals surface area contributed by atoms with Gasteiger partial charge in [0.15, 0.2) is 11.0 Å². The lowest BCUT2D eigenvalue weighted by atomic mass is 10.2. The Balaban J connectivity index is 1.97. The molecule has 0 N–H and O–H groups in total. The van der Waals surface area contributed by atoms with E-state index in [0.29, 0.717) is 28.3 Å². The van der Waals surface area contributed by atoms with Gasteiger partial charge in [0.1, 0.15) is 11.5 Å². The number of Topliss-reactive ketones (excluding diaryl/α,β-unsaturated/α-hetero) is 1. The summed E-state index contributed by atoms with van der Waals surface area (Å²) in [5.41, 5.74) is 0.906. The van der Waals surface area contributed by atoms with Crippen molar-refractivity contribution in [3.63, 3.8) is 0 Å². The number of hydrogen-bond acceptors (Lipinski definition) is 5. The van der Waals surface area contributed by atoms with Gasteiger partial charge in [-0.1, -0.05) is 23.4 Å². The van der Waals surface area contributed by atoms with Crippen molar-refractivity contribution in [2.24, 2.45) is 0 Å². The van der Waals surface area contributed by atoms with Gasteiger partial charge in [0, 0.05) is 10.6 Å². The number of nitrogens with zero attached hydrogens (tertiary/aromatic N) is 3. The summed E-state index contributed by atoms with van der Waals surface area (Å²) in [5.74, 6) is 1.96.